The van der Waals surface area contributed by atoms with Gasteiger partial charge >= 0.3 is 0 Å². The van der Waals surface area contributed by atoms with Crippen molar-refractivity contribution >= 4 is 13.7 Å². The molecule has 0 radical (unpaired) electrons. The van der Waals surface area contributed by atoms with Gasteiger partial charge in [-0.15, -0.1) is 0 Å². The SMILES string of the molecule is CCc1cc(OC)ccc1OP(O)c1ccccc1. The van der Waals surface area contributed by atoms with E-state index in [0.29, 0.717) is 5.75 Å². The van der Waals surface area contributed by atoms with Crippen molar-refractivity contribution in [3.8, 4) is 11.5 Å². The Bertz CT molecular complexity index is 528. The monoisotopic (exact) mass is 276 g/mol. The molecule has 0 spiro atoms. The highest BCUT2D eigenvalue weighted by Crippen LogP contribution is 2.36. The summed E-state index contributed by atoms with van der Waals surface area (Å²) in [5.41, 5.74) is 1.02. The van der Waals surface area contributed by atoms with Crippen LogP contribution in [0.1, 0.15) is 12.5 Å². The van der Waals surface area contributed by atoms with Gasteiger partial charge in [0.25, 0.3) is 8.38 Å². The molecule has 0 aliphatic carbocycles. The summed E-state index contributed by atoms with van der Waals surface area (Å²) in [6.45, 7) is 2.05. The highest BCUT2D eigenvalue weighted by atomic mass is 31.2. The van der Waals surface area contributed by atoms with Crippen LogP contribution >= 0.6 is 8.38 Å². The summed E-state index contributed by atoms with van der Waals surface area (Å²) in [5.74, 6) is 1.51. The molecule has 1 atom stereocenters. The molecule has 3 nitrogen and oxygen atoms in total. The number of aryl methyl sites for hydroxylation is 1. The molecule has 100 valence electrons. The zero-order valence-electron chi connectivity index (χ0n) is 11.0. The van der Waals surface area contributed by atoms with Gasteiger partial charge < -0.3 is 14.2 Å². The second kappa shape index (κ2) is 6.55. The van der Waals surface area contributed by atoms with E-state index in [1.807, 2.05) is 55.5 Å². The van der Waals surface area contributed by atoms with Crippen LogP contribution in [0.15, 0.2) is 48.5 Å². The van der Waals surface area contributed by atoms with Gasteiger partial charge in [-0.1, -0.05) is 25.1 Å². The summed E-state index contributed by atoms with van der Waals surface area (Å²) in [4.78, 5) is 10.1. The lowest BCUT2D eigenvalue weighted by Gasteiger charge is -2.15. The van der Waals surface area contributed by atoms with E-state index in [4.69, 9.17) is 9.26 Å². The Morgan fingerprint density at radius 3 is 2.47 bits per heavy atom. The molecule has 2 aromatic rings. The predicted octanol–water partition coefficient (Wildman–Crippen LogP) is 3.27. The first-order chi connectivity index (χ1) is 9.24. The fourth-order valence-electron chi connectivity index (χ4n) is 1.75. The number of rotatable bonds is 5. The molecule has 1 N–H and O–H groups in total. The predicted molar refractivity (Wildman–Crippen MR) is 78.2 cm³/mol. The molecule has 0 fully saturated rings. The molecular formula is C15H17O3P. The maximum atomic E-state index is 10.1. The van der Waals surface area contributed by atoms with Crippen LogP contribution in [0.5, 0.6) is 11.5 Å². The molecule has 2 aromatic carbocycles. The van der Waals surface area contributed by atoms with Crippen molar-refractivity contribution in [1.29, 1.82) is 0 Å². The van der Waals surface area contributed by atoms with E-state index >= 15 is 0 Å². The highest BCUT2D eigenvalue weighted by Gasteiger charge is 2.13. The van der Waals surface area contributed by atoms with Gasteiger partial charge in [0.1, 0.15) is 11.5 Å². The molecule has 1 unspecified atom stereocenters. The third-order valence-corrected chi connectivity index (χ3v) is 3.92. The van der Waals surface area contributed by atoms with E-state index in [1.165, 1.54) is 0 Å². The molecule has 0 saturated carbocycles. The Labute approximate surface area is 114 Å². The third-order valence-electron chi connectivity index (χ3n) is 2.81. The lowest BCUT2D eigenvalue weighted by molar-refractivity contribution is 0.413. The van der Waals surface area contributed by atoms with Crippen molar-refractivity contribution < 1.29 is 14.2 Å². The minimum absolute atomic E-state index is 0.709. The summed E-state index contributed by atoms with van der Waals surface area (Å²) < 4.78 is 10.9. The molecule has 0 aromatic heterocycles. The summed E-state index contributed by atoms with van der Waals surface area (Å²) in [5, 5.41) is 0.801. The van der Waals surface area contributed by atoms with Crippen LogP contribution in [0.2, 0.25) is 0 Å². The summed E-state index contributed by atoms with van der Waals surface area (Å²) in [6, 6.07) is 15.0. The van der Waals surface area contributed by atoms with Crippen LogP contribution < -0.4 is 14.6 Å². The molecule has 0 saturated heterocycles. The van der Waals surface area contributed by atoms with Gasteiger partial charge in [-0.05, 0) is 42.3 Å². The molecular weight excluding hydrogens is 259 g/mol. The van der Waals surface area contributed by atoms with E-state index in [9.17, 15) is 4.89 Å². The average molecular weight is 276 g/mol. The van der Waals surface area contributed by atoms with E-state index < -0.39 is 8.38 Å². The summed E-state index contributed by atoms with van der Waals surface area (Å²) in [7, 11) is 0.00851. The third kappa shape index (κ3) is 3.46. The first-order valence-corrected chi connectivity index (χ1v) is 7.34. The molecule has 0 aliphatic heterocycles. The second-order valence-electron chi connectivity index (χ2n) is 4.03. The lowest BCUT2D eigenvalue weighted by Crippen LogP contribution is -2.04. The van der Waals surface area contributed by atoms with Crippen molar-refractivity contribution in [2.45, 2.75) is 13.3 Å². The van der Waals surface area contributed by atoms with Gasteiger partial charge in [0.15, 0.2) is 0 Å². The van der Waals surface area contributed by atoms with Crippen molar-refractivity contribution in [2.75, 3.05) is 7.11 Å². The molecule has 2 rings (SSSR count). The fourth-order valence-corrected chi connectivity index (χ4v) is 2.65. The van der Waals surface area contributed by atoms with Crippen LogP contribution in [0.4, 0.5) is 0 Å². The van der Waals surface area contributed by atoms with Gasteiger partial charge in [0.05, 0.1) is 7.11 Å². The number of benzene rings is 2. The quantitative estimate of drug-likeness (QED) is 0.852. The van der Waals surface area contributed by atoms with Gasteiger partial charge in [-0.2, -0.15) is 0 Å². The summed E-state index contributed by atoms with van der Waals surface area (Å²) in [6.07, 6.45) is 0.824. The van der Waals surface area contributed by atoms with Crippen LogP contribution in [0.3, 0.4) is 0 Å². The smallest absolute Gasteiger partial charge is 0.262 e. The van der Waals surface area contributed by atoms with Crippen molar-refractivity contribution in [3.63, 3.8) is 0 Å². The number of hydrogen-bond acceptors (Lipinski definition) is 3. The molecule has 0 amide bonds. The molecule has 0 bridgehead atoms. The number of hydrogen-bond donors (Lipinski definition) is 1. The first-order valence-electron chi connectivity index (χ1n) is 6.13. The second-order valence-corrected chi connectivity index (χ2v) is 5.27. The number of ether oxygens (including phenoxy) is 1. The van der Waals surface area contributed by atoms with E-state index in [2.05, 4.69) is 0 Å². The maximum Gasteiger partial charge on any atom is 0.262 e. The van der Waals surface area contributed by atoms with Crippen LogP contribution in [0, 0.1) is 0 Å². The van der Waals surface area contributed by atoms with Gasteiger partial charge in [0.2, 0.25) is 0 Å². The largest absolute Gasteiger partial charge is 0.497 e. The Morgan fingerprint density at radius 2 is 1.84 bits per heavy atom. The average Bonchev–Trinajstić information content (AvgIpc) is 2.48. The Kier molecular flexibility index (Phi) is 4.78. The van der Waals surface area contributed by atoms with E-state index in [0.717, 1.165) is 23.0 Å². The van der Waals surface area contributed by atoms with E-state index in [-0.39, 0.29) is 0 Å². The van der Waals surface area contributed by atoms with Crippen LogP contribution in [0.25, 0.3) is 0 Å². The minimum atomic E-state index is -1.63. The van der Waals surface area contributed by atoms with Crippen molar-refractivity contribution in [2.24, 2.45) is 0 Å². The Morgan fingerprint density at radius 1 is 1.11 bits per heavy atom. The standard InChI is InChI=1S/C15H17O3P/c1-3-12-11-13(17-2)9-10-15(12)18-19(16)14-7-5-4-6-8-14/h4-11,16H,3H2,1-2H3. The van der Waals surface area contributed by atoms with E-state index in [1.54, 1.807) is 7.11 Å². The molecule has 4 heteroatoms. The normalized spacial score (nSPS) is 11.9. The zero-order valence-corrected chi connectivity index (χ0v) is 11.9. The lowest BCUT2D eigenvalue weighted by atomic mass is 10.1. The summed E-state index contributed by atoms with van der Waals surface area (Å²) >= 11 is 0. The number of methoxy groups -OCH3 is 1. The Hall–Kier alpha value is -1.57. The van der Waals surface area contributed by atoms with Crippen molar-refractivity contribution in [1.82, 2.24) is 0 Å². The molecule has 19 heavy (non-hydrogen) atoms. The fraction of sp³-hybridized carbons (Fsp3) is 0.200. The molecule has 0 heterocycles. The minimum Gasteiger partial charge on any atom is -0.497 e. The highest BCUT2D eigenvalue weighted by molar-refractivity contribution is 7.55. The topological polar surface area (TPSA) is 38.7 Å². The van der Waals surface area contributed by atoms with Crippen LogP contribution in [-0.2, 0) is 6.42 Å². The zero-order chi connectivity index (χ0) is 13.7. The van der Waals surface area contributed by atoms with Gasteiger partial charge in [-0.25, -0.2) is 0 Å². The van der Waals surface area contributed by atoms with Gasteiger partial charge in [0, 0.05) is 5.30 Å². The van der Waals surface area contributed by atoms with Gasteiger partial charge in [-0.3, -0.25) is 0 Å². The van der Waals surface area contributed by atoms with Crippen molar-refractivity contribution in [3.05, 3.63) is 54.1 Å². The first kappa shape index (κ1) is 13.9. The Balaban J connectivity index is 2.19. The van der Waals surface area contributed by atoms with Crippen LogP contribution in [-0.4, -0.2) is 12.0 Å². The maximum absolute atomic E-state index is 10.1. The molecule has 0 aliphatic rings.